The molecule has 3 rings (SSSR count). The summed E-state index contributed by atoms with van der Waals surface area (Å²) in [4.78, 5) is 26.6. The summed E-state index contributed by atoms with van der Waals surface area (Å²) in [7, 11) is 0. The maximum absolute atomic E-state index is 12.8. The van der Waals surface area contributed by atoms with Crippen molar-refractivity contribution >= 4 is 23.2 Å². The van der Waals surface area contributed by atoms with Crippen molar-refractivity contribution in [1.82, 2.24) is 0 Å². The molecule has 1 aliphatic rings. The lowest BCUT2D eigenvalue weighted by atomic mass is 10.1. The second kappa shape index (κ2) is 6.48. The van der Waals surface area contributed by atoms with Crippen LogP contribution in [0.2, 0.25) is 0 Å². The Kier molecular flexibility index (Phi) is 4.38. The number of aryl methyl sites for hydroxylation is 3. The van der Waals surface area contributed by atoms with E-state index in [-0.39, 0.29) is 18.2 Å². The molecule has 2 aromatic carbocycles. The third-order valence-corrected chi connectivity index (χ3v) is 4.47. The van der Waals surface area contributed by atoms with Crippen molar-refractivity contribution in [2.24, 2.45) is 0 Å². The third-order valence-electron chi connectivity index (χ3n) is 4.47. The van der Waals surface area contributed by atoms with Crippen LogP contribution in [0.15, 0.2) is 42.5 Å². The summed E-state index contributed by atoms with van der Waals surface area (Å²) >= 11 is 0. The molecule has 0 aromatic heterocycles. The number of hydrogen-bond donors (Lipinski definition) is 1. The summed E-state index contributed by atoms with van der Waals surface area (Å²) in [5.74, 6) is -0.337. The fourth-order valence-corrected chi connectivity index (χ4v) is 3.21. The van der Waals surface area contributed by atoms with E-state index >= 15 is 0 Å². The van der Waals surface area contributed by atoms with E-state index in [4.69, 9.17) is 0 Å². The normalized spacial score (nSPS) is 17.5. The summed E-state index contributed by atoms with van der Waals surface area (Å²) < 4.78 is 0. The van der Waals surface area contributed by atoms with Gasteiger partial charge in [0.15, 0.2) is 0 Å². The van der Waals surface area contributed by atoms with E-state index in [9.17, 15) is 9.59 Å². The van der Waals surface area contributed by atoms with Crippen LogP contribution < -0.4 is 10.2 Å². The number of nitrogens with one attached hydrogen (secondary N) is 1. The Bertz CT molecular complexity index is 798. The van der Waals surface area contributed by atoms with Gasteiger partial charge in [-0.25, -0.2) is 4.90 Å². The van der Waals surface area contributed by atoms with Crippen LogP contribution in [0.5, 0.6) is 0 Å². The van der Waals surface area contributed by atoms with Gasteiger partial charge in [-0.05, 0) is 43.5 Å². The van der Waals surface area contributed by atoms with Crippen LogP contribution in [0.25, 0.3) is 0 Å². The molecule has 0 spiro atoms. The van der Waals surface area contributed by atoms with Crippen LogP contribution in [-0.4, -0.2) is 17.9 Å². The monoisotopic (exact) mass is 322 g/mol. The molecule has 124 valence electrons. The first-order valence-electron chi connectivity index (χ1n) is 8.29. The van der Waals surface area contributed by atoms with Crippen LogP contribution in [0, 0.1) is 13.8 Å². The molecule has 4 nitrogen and oxygen atoms in total. The first-order chi connectivity index (χ1) is 11.5. The zero-order valence-corrected chi connectivity index (χ0v) is 14.3. The molecule has 1 fully saturated rings. The van der Waals surface area contributed by atoms with Gasteiger partial charge < -0.3 is 5.32 Å². The number of imide groups is 1. The second-order valence-electron chi connectivity index (χ2n) is 6.27. The Morgan fingerprint density at radius 3 is 2.58 bits per heavy atom. The highest BCUT2D eigenvalue weighted by Gasteiger charge is 2.40. The minimum atomic E-state index is -0.508. The van der Waals surface area contributed by atoms with Crippen molar-refractivity contribution < 1.29 is 9.59 Å². The highest BCUT2D eigenvalue weighted by molar-refractivity contribution is 6.23. The van der Waals surface area contributed by atoms with E-state index < -0.39 is 6.04 Å². The number of para-hydroxylation sites is 1. The minimum Gasteiger partial charge on any atom is -0.373 e. The molecule has 1 heterocycles. The number of hydrogen-bond acceptors (Lipinski definition) is 3. The van der Waals surface area contributed by atoms with Gasteiger partial charge in [0.05, 0.1) is 12.1 Å². The Labute approximate surface area is 142 Å². The third kappa shape index (κ3) is 2.92. The van der Waals surface area contributed by atoms with E-state index in [2.05, 4.69) is 12.2 Å². The van der Waals surface area contributed by atoms with Gasteiger partial charge in [0.25, 0.3) is 5.91 Å². The summed E-state index contributed by atoms with van der Waals surface area (Å²) in [6.45, 7) is 6.00. The van der Waals surface area contributed by atoms with Gasteiger partial charge in [-0.3, -0.25) is 9.59 Å². The minimum absolute atomic E-state index is 0.154. The molecule has 4 heteroatoms. The molecule has 0 radical (unpaired) electrons. The van der Waals surface area contributed by atoms with Gasteiger partial charge in [-0.15, -0.1) is 0 Å². The van der Waals surface area contributed by atoms with Crippen molar-refractivity contribution in [3.8, 4) is 0 Å². The van der Waals surface area contributed by atoms with E-state index in [0.717, 1.165) is 28.8 Å². The molecule has 1 aliphatic heterocycles. The predicted octanol–water partition coefficient (Wildman–Crippen LogP) is 3.61. The average molecular weight is 322 g/mol. The lowest BCUT2D eigenvalue weighted by Gasteiger charge is -2.19. The fourth-order valence-electron chi connectivity index (χ4n) is 3.21. The Balaban J connectivity index is 1.86. The van der Waals surface area contributed by atoms with Gasteiger partial charge in [-0.1, -0.05) is 42.8 Å². The zero-order chi connectivity index (χ0) is 17.3. The van der Waals surface area contributed by atoms with Gasteiger partial charge in [0, 0.05) is 5.69 Å². The standard InChI is InChI=1S/C20H22N2O2/c1-4-15-7-5-6-8-16(15)21-17-12-19(23)22(20(17)24)18-10-9-13(2)11-14(18)3/h5-11,17,21H,4,12H2,1-3H3. The van der Waals surface area contributed by atoms with Gasteiger partial charge in [0.1, 0.15) is 6.04 Å². The molecule has 1 unspecified atom stereocenters. The lowest BCUT2D eigenvalue weighted by molar-refractivity contribution is -0.121. The van der Waals surface area contributed by atoms with Crippen LogP contribution in [0.4, 0.5) is 11.4 Å². The zero-order valence-electron chi connectivity index (χ0n) is 14.3. The second-order valence-corrected chi connectivity index (χ2v) is 6.27. The molecule has 1 saturated heterocycles. The summed E-state index contributed by atoms with van der Waals surface area (Å²) in [5.41, 5.74) is 4.80. The molecule has 1 atom stereocenters. The molecule has 0 bridgehead atoms. The van der Waals surface area contributed by atoms with Crippen LogP contribution in [0.3, 0.4) is 0 Å². The largest absolute Gasteiger partial charge is 0.373 e. The smallest absolute Gasteiger partial charge is 0.256 e. The van der Waals surface area contributed by atoms with E-state index in [1.54, 1.807) is 0 Å². The number of benzene rings is 2. The number of amides is 2. The molecule has 0 saturated carbocycles. The average Bonchev–Trinajstić information content (AvgIpc) is 2.83. The molecule has 2 aromatic rings. The SMILES string of the molecule is CCc1ccccc1NC1CC(=O)N(c2ccc(C)cc2C)C1=O. The fraction of sp³-hybridized carbons (Fsp3) is 0.300. The summed E-state index contributed by atoms with van der Waals surface area (Å²) in [6.07, 6.45) is 1.06. The highest BCUT2D eigenvalue weighted by Crippen LogP contribution is 2.29. The Morgan fingerprint density at radius 2 is 1.88 bits per heavy atom. The van der Waals surface area contributed by atoms with E-state index in [1.165, 1.54) is 4.90 Å². The van der Waals surface area contributed by atoms with Gasteiger partial charge >= 0.3 is 0 Å². The van der Waals surface area contributed by atoms with Crippen molar-refractivity contribution in [3.63, 3.8) is 0 Å². The lowest BCUT2D eigenvalue weighted by Crippen LogP contribution is -2.35. The van der Waals surface area contributed by atoms with Crippen LogP contribution >= 0.6 is 0 Å². The highest BCUT2D eigenvalue weighted by atomic mass is 16.2. The summed E-state index contributed by atoms with van der Waals surface area (Å²) in [5, 5.41) is 3.26. The molecular weight excluding hydrogens is 300 g/mol. The first-order valence-corrected chi connectivity index (χ1v) is 8.29. The first kappa shape index (κ1) is 16.2. The maximum atomic E-state index is 12.8. The van der Waals surface area contributed by atoms with Crippen molar-refractivity contribution in [1.29, 1.82) is 0 Å². The quantitative estimate of drug-likeness (QED) is 0.875. The number of anilines is 2. The number of rotatable bonds is 4. The van der Waals surface area contributed by atoms with Crippen LogP contribution in [0.1, 0.15) is 30.0 Å². The van der Waals surface area contributed by atoms with Crippen molar-refractivity contribution in [2.75, 3.05) is 10.2 Å². The maximum Gasteiger partial charge on any atom is 0.256 e. The van der Waals surface area contributed by atoms with Crippen LogP contribution in [-0.2, 0) is 16.0 Å². The molecule has 1 N–H and O–H groups in total. The van der Waals surface area contributed by atoms with E-state index in [1.807, 2.05) is 56.3 Å². The van der Waals surface area contributed by atoms with Gasteiger partial charge in [-0.2, -0.15) is 0 Å². The topological polar surface area (TPSA) is 49.4 Å². The Morgan fingerprint density at radius 1 is 1.12 bits per heavy atom. The van der Waals surface area contributed by atoms with Crippen molar-refractivity contribution in [2.45, 2.75) is 39.7 Å². The Hall–Kier alpha value is -2.62. The number of carbonyl (C=O) groups is 2. The molecule has 0 aliphatic carbocycles. The van der Waals surface area contributed by atoms with Gasteiger partial charge in [0.2, 0.25) is 5.91 Å². The number of carbonyl (C=O) groups excluding carboxylic acids is 2. The van der Waals surface area contributed by atoms with Crippen molar-refractivity contribution in [3.05, 3.63) is 59.2 Å². The predicted molar refractivity (Wildman–Crippen MR) is 96.3 cm³/mol. The number of nitrogens with zero attached hydrogens (tertiary/aromatic N) is 1. The molecular formula is C20H22N2O2. The molecule has 2 amide bonds. The van der Waals surface area contributed by atoms with E-state index in [0.29, 0.717) is 5.69 Å². The molecule has 24 heavy (non-hydrogen) atoms. The summed E-state index contributed by atoms with van der Waals surface area (Å²) in [6, 6.07) is 13.2.